The fraction of sp³-hybridized carbons (Fsp3) is 0.306. The molecule has 2 aliphatic heterocycles. The third-order valence-electron chi connectivity index (χ3n) is 10.5. The van der Waals surface area contributed by atoms with E-state index in [2.05, 4.69) is 0 Å². The molecule has 7 rings (SSSR count). The molecule has 0 radical (unpaired) electrons. The summed E-state index contributed by atoms with van der Waals surface area (Å²) in [5.41, 5.74) is -0.907. The molecule has 252 valence electrons. The molecule has 3 fully saturated rings. The van der Waals surface area contributed by atoms with Crippen LogP contribution in [-0.4, -0.2) is 51.5 Å². The zero-order valence-electron chi connectivity index (χ0n) is 26.2. The lowest BCUT2D eigenvalue weighted by Gasteiger charge is -2.49. The lowest BCUT2D eigenvalue weighted by Crippen LogP contribution is -2.48. The molecule has 3 aromatic rings. The number of hydrogen-bond donors (Lipinski definition) is 3. The van der Waals surface area contributed by atoms with E-state index >= 15 is 0 Å². The number of rotatable bonds is 6. The second-order valence-electron chi connectivity index (χ2n) is 12.9. The molecule has 4 aliphatic rings. The van der Waals surface area contributed by atoms with Gasteiger partial charge in [-0.05, 0) is 69.0 Å². The van der Waals surface area contributed by atoms with Crippen LogP contribution >= 0.6 is 11.6 Å². The summed E-state index contributed by atoms with van der Waals surface area (Å²) in [6.45, 7) is 3.63. The van der Waals surface area contributed by atoms with Crippen LogP contribution < -0.4 is 14.5 Å². The molecule has 0 aromatic heterocycles. The number of anilines is 2. The quantitative estimate of drug-likeness (QED) is 0.227. The van der Waals surface area contributed by atoms with Crippen molar-refractivity contribution in [2.75, 3.05) is 16.4 Å². The van der Waals surface area contributed by atoms with Crippen LogP contribution in [0.3, 0.4) is 0 Å². The molecule has 2 aliphatic carbocycles. The third kappa shape index (κ3) is 4.57. The molecular weight excluding hydrogens is 659 g/mol. The number of carboxylic acids is 1. The Labute approximate surface area is 284 Å². The van der Waals surface area contributed by atoms with Crippen molar-refractivity contribution in [3.05, 3.63) is 88.2 Å². The van der Waals surface area contributed by atoms with Gasteiger partial charge in [-0.2, -0.15) is 0 Å². The normalized spacial score (nSPS) is 27.5. The number of phenols is 2. The summed E-state index contributed by atoms with van der Waals surface area (Å²) in [5.74, 6) is -9.62. The topological polar surface area (TPSA) is 162 Å². The maximum atomic E-state index is 14.6. The van der Waals surface area contributed by atoms with Crippen molar-refractivity contribution in [2.45, 2.75) is 32.6 Å². The number of ether oxygens (including phenoxy) is 1. The van der Waals surface area contributed by atoms with Crippen molar-refractivity contribution in [1.82, 2.24) is 0 Å². The van der Waals surface area contributed by atoms with Gasteiger partial charge in [0.1, 0.15) is 17.1 Å². The van der Waals surface area contributed by atoms with Crippen LogP contribution in [0.15, 0.2) is 66.2 Å². The predicted octanol–water partition coefficient (Wildman–Crippen LogP) is 5.42. The zero-order chi connectivity index (χ0) is 35.1. The highest BCUT2D eigenvalue weighted by Gasteiger charge is 2.68. The Bertz CT molecular complexity index is 2030. The van der Waals surface area contributed by atoms with E-state index < -0.39 is 81.7 Å². The Hall–Kier alpha value is -5.23. The predicted molar refractivity (Wildman–Crippen MR) is 173 cm³/mol. The molecule has 4 amide bonds. The van der Waals surface area contributed by atoms with Crippen molar-refractivity contribution in [1.29, 1.82) is 0 Å². The Kier molecular flexibility index (Phi) is 7.55. The van der Waals surface area contributed by atoms with E-state index in [-0.39, 0.29) is 47.3 Å². The van der Waals surface area contributed by atoms with Crippen molar-refractivity contribution >= 4 is 52.6 Å². The number of carbonyl (C=O) groups excluding carboxylic acids is 4. The van der Waals surface area contributed by atoms with Gasteiger partial charge < -0.3 is 20.1 Å². The van der Waals surface area contributed by atoms with Crippen molar-refractivity contribution in [3.63, 3.8) is 0 Å². The first kappa shape index (κ1) is 32.3. The number of halogens is 2. The number of imide groups is 2. The van der Waals surface area contributed by atoms with Crippen molar-refractivity contribution in [3.8, 4) is 17.2 Å². The van der Waals surface area contributed by atoms with E-state index in [1.54, 1.807) is 38.1 Å². The lowest BCUT2D eigenvalue weighted by atomic mass is 9.51. The van der Waals surface area contributed by atoms with Gasteiger partial charge in [0.15, 0.2) is 11.5 Å². The molecule has 0 bridgehead atoms. The summed E-state index contributed by atoms with van der Waals surface area (Å²) in [6.07, 6.45) is 1.93. The van der Waals surface area contributed by atoms with Crippen LogP contribution in [0.25, 0.3) is 0 Å². The summed E-state index contributed by atoms with van der Waals surface area (Å²) >= 11 is 6.06. The number of amides is 4. The number of hydrogen-bond acceptors (Lipinski definition) is 8. The van der Waals surface area contributed by atoms with E-state index in [0.717, 1.165) is 28.0 Å². The number of allylic oxidation sites excluding steroid dienone is 2. The molecule has 3 N–H and O–H groups in total. The molecule has 13 heteroatoms. The summed E-state index contributed by atoms with van der Waals surface area (Å²) in [6, 6.07) is 11.8. The fourth-order valence-electron chi connectivity index (χ4n) is 8.37. The maximum Gasteiger partial charge on any atom is 0.339 e. The molecule has 2 saturated heterocycles. The van der Waals surface area contributed by atoms with E-state index in [1.165, 1.54) is 18.2 Å². The van der Waals surface area contributed by atoms with Gasteiger partial charge in [0, 0.05) is 17.5 Å². The van der Waals surface area contributed by atoms with Crippen molar-refractivity contribution in [2.24, 2.45) is 29.1 Å². The van der Waals surface area contributed by atoms with Crippen LogP contribution in [0, 0.1) is 34.9 Å². The van der Waals surface area contributed by atoms with Crippen LogP contribution in [0.2, 0.25) is 5.02 Å². The molecule has 3 aromatic carbocycles. The van der Waals surface area contributed by atoms with Crippen molar-refractivity contribution < 1.29 is 48.4 Å². The van der Waals surface area contributed by atoms with Crippen LogP contribution in [-0.2, 0) is 19.2 Å². The average molecular weight is 689 g/mol. The smallest absolute Gasteiger partial charge is 0.339 e. The summed E-state index contributed by atoms with van der Waals surface area (Å²) in [4.78, 5) is 70.4. The number of aromatic hydroxyl groups is 2. The second-order valence-corrected chi connectivity index (χ2v) is 13.3. The molecular formula is C36H30ClFN2O9. The molecule has 11 nitrogen and oxygen atoms in total. The first-order chi connectivity index (χ1) is 23.3. The van der Waals surface area contributed by atoms with Crippen LogP contribution in [0.5, 0.6) is 17.2 Å². The summed E-state index contributed by atoms with van der Waals surface area (Å²) in [5, 5.41) is 30.9. The van der Waals surface area contributed by atoms with Gasteiger partial charge in [0.2, 0.25) is 23.6 Å². The van der Waals surface area contributed by atoms with E-state index in [1.807, 2.05) is 0 Å². The Morgan fingerprint density at radius 1 is 0.980 bits per heavy atom. The minimum absolute atomic E-state index is 0.000748. The minimum atomic E-state index is -1.49. The third-order valence-corrected chi connectivity index (χ3v) is 10.8. The highest BCUT2D eigenvalue weighted by atomic mass is 35.5. The largest absolute Gasteiger partial charge is 0.507 e. The molecule has 1 saturated carbocycles. The van der Waals surface area contributed by atoms with Gasteiger partial charge in [-0.3, -0.25) is 19.2 Å². The lowest BCUT2D eigenvalue weighted by molar-refractivity contribution is -0.131. The SMILES string of the molecule is CCOc1cccc(C2C3=CCC4C(=O)N(c5ccc(C(=O)O)c(O)c5)C(=O)C4C3CC3C(=O)N(c4ccc(F)c(Cl)c4)C(=O)C32C)c1O. The Morgan fingerprint density at radius 2 is 1.69 bits per heavy atom. The standard InChI is InChI=1S/C36H30ClFN2O9/c1-3-49-27-6-4-5-21(30(27)42)29-18-10-11-20-28(33(45)39(31(20)43)17-7-9-19(34(46)47)26(41)14-17)22(18)15-23-32(44)40(35(48)36(23,29)2)16-8-12-25(38)24(37)13-16/h4-10,12-14,20,22-23,28-29,41-42H,3,11,15H2,1-2H3,(H,46,47). The van der Waals surface area contributed by atoms with Gasteiger partial charge in [-0.15, -0.1) is 0 Å². The number of para-hydroxylation sites is 1. The van der Waals surface area contributed by atoms with Crippen LogP contribution in [0.1, 0.15) is 48.5 Å². The maximum absolute atomic E-state index is 14.6. The minimum Gasteiger partial charge on any atom is -0.507 e. The van der Waals surface area contributed by atoms with Gasteiger partial charge >= 0.3 is 5.97 Å². The molecule has 6 unspecified atom stereocenters. The Morgan fingerprint density at radius 3 is 2.37 bits per heavy atom. The molecule has 6 atom stereocenters. The van der Waals surface area contributed by atoms with Gasteiger partial charge in [0.05, 0.1) is 46.2 Å². The van der Waals surface area contributed by atoms with Gasteiger partial charge in [0.25, 0.3) is 0 Å². The monoisotopic (exact) mass is 688 g/mol. The highest BCUT2D eigenvalue weighted by Crippen LogP contribution is 2.65. The number of carboxylic acid groups (broad SMARTS) is 1. The summed E-state index contributed by atoms with van der Waals surface area (Å²) < 4.78 is 19.8. The number of aromatic carboxylic acids is 1. The van der Waals surface area contributed by atoms with Gasteiger partial charge in [-0.25, -0.2) is 19.0 Å². The fourth-order valence-corrected chi connectivity index (χ4v) is 8.54. The second kappa shape index (κ2) is 11.4. The highest BCUT2D eigenvalue weighted by molar-refractivity contribution is 6.32. The average Bonchev–Trinajstić information content (AvgIpc) is 3.43. The number of nitrogens with zero attached hydrogens (tertiary/aromatic N) is 2. The number of fused-ring (bicyclic) bond motifs is 4. The van der Waals surface area contributed by atoms with Gasteiger partial charge in [-0.1, -0.05) is 35.4 Å². The zero-order valence-corrected chi connectivity index (χ0v) is 27.0. The molecule has 49 heavy (non-hydrogen) atoms. The van der Waals surface area contributed by atoms with Crippen LogP contribution in [0.4, 0.5) is 15.8 Å². The molecule has 2 heterocycles. The van der Waals surface area contributed by atoms with E-state index in [4.69, 9.17) is 16.3 Å². The van der Waals surface area contributed by atoms with E-state index in [9.17, 15) is 43.7 Å². The number of benzene rings is 3. The summed E-state index contributed by atoms with van der Waals surface area (Å²) in [7, 11) is 0. The number of phenolic OH excluding ortho intramolecular Hbond substituents is 1. The first-order valence-corrected chi connectivity index (χ1v) is 16.1. The molecule has 0 spiro atoms. The Balaban J connectivity index is 1.37. The number of carbonyl (C=O) groups is 5. The van der Waals surface area contributed by atoms with E-state index in [0.29, 0.717) is 11.1 Å². The first-order valence-electron chi connectivity index (χ1n) is 15.7.